The van der Waals surface area contributed by atoms with Crippen LogP contribution in [-0.4, -0.2) is 18.0 Å². The van der Waals surface area contributed by atoms with Gasteiger partial charge in [-0.05, 0) is 19.3 Å². The van der Waals surface area contributed by atoms with Gasteiger partial charge in [0.25, 0.3) is 0 Å². The first-order valence-electron chi connectivity index (χ1n) is 4.71. The second-order valence-corrected chi connectivity index (χ2v) is 3.81. The maximum absolute atomic E-state index is 11.4. The number of amides is 3. The van der Waals surface area contributed by atoms with E-state index in [1.54, 1.807) is 0 Å². The van der Waals surface area contributed by atoms with Crippen molar-refractivity contribution in [2.75, 3.05) is 0 Å². The molecule has 0 radical (unpaired) electrons. The predicted molar refractivity (Wildman–Crippen MR) is 46.9 cm³/mol. The number of carbonyl (C=O) groups is 2. The number of fused-ring (bicyclic) bond motifs is 1. The normalized spacial score (nSPS) is 36.4. The Kier molecular flexibility index (Phi) is 2.12. The summed E-state index contributed by atoms with van der Waals surface area (Å²) in [6, 6.07) is 1.70. The van der Waals surface area contributed by atoms with E-state index >= 15 is 0 Å². The van der Waals surface area contributed by atoms with Gasteiger partial charge in [0.15, 0.2) is 0 Å². The summed E-state index contributed by atoms with van der Waals surface area (Å²) in [6.07, 6.45) is 2.06. The van der Waals surface area contributed by atoms with Gasteiger partial charge in [0.05, 0.1) is 12.0 Å². The smallest absolute Gasteiger partial charge is 0.321 e. The lowest BCUT2D eigenvalue weighted by Gasteiger charge is -2.36. The van der Waals surface area contributed by atoms with E-state index in [0.717, 1.165) is 12.8 Å². The molecule has 2 N–H and O–H groups in total. The zero-order valence-corrected chi connectivity index (χ0v) is 7.62. The van der Waals surface area contributed by atoms with Gasteiger partial charge in [-0.2, -0.15) is 5.26 Å². The molecule has 1 aliphatic carbocycles. The summed E-state index contributed by atoms with van der Waals surface area (Å²) in [5.74, 6) is -0.498. The third-order valence-electron chi connectivity index (χ3n) is 2.92. The van der Waals surface area contributed by atoms with Crippen molar-refractivity contribution in [3.05, 3.63) is 0 Å². The Morgan fingerprint density at radius 3 is 2.86 bits per heavy atom. The standard InChI is InChI=1S/C9H11N3O2/c10-4-5-1-2-7-6(3-5)8(13)12-9(14)11-7/h5-7H,1-3H2,(H2,11,12,13,14). The molecular formula is C9H11N3O2. The molecule has 74 valence electrons. The molecule has 5 heteroatoms. The van der Waals surface area contributed by atoms with Crippen LogP contribution in [0.15, 0.2) is 0 Å². The molecule has 2 rings (SSSR count). The molecule has 1 saturated carbocycles. The Labute approximate surface area is 81.5 Å². The van der Waals surface area contributed by atoms with E-state index in [4.69, 9.17) is 5.26 Å². The lowest BCUT2D eigenvalue weighted by atomic mass is 9.77. The highest BCUT2D eigenvalue weighted by Crippen LogP contribution is 2.30. The van der Waals surface area contributed by atoms with Gasteiger partial charge < -0.3 is 5.32 Å². The number of nitriles is 1. The molecule has 0 aromatic carbocycles. The van der Waals surface area contributed by atoms with Crippen molar-refractivity contribution in [3.8, 4) is 6.07 Å². The molecule has 2 fully saturated rings. The molecule has 0 spiro atoms. The summed E-state index contributed by atoms with van der Waals surface area (Å²) in [5, 5.41) is 13.7. The fourth-order valence-electron chi connectivity index (χ4n) is 2.16. The van der Waals surface area contributed by atoms with Gasteiger partial charge in [-0.1, -0.05) is 0 Å². The second-order valence-electron chi connectivity index (χ2n) is 3.81. The van der Waals surface area contributed by atoms with Crippen LogP contribution in [0.5, 0.6) is 0 Å². The van der Waals surface area contributed by atoms with Crippen molar-refractivity contribution in [2.45, 2.75) is 25.3 Å². The first-order valence-corrected chi connectivity index (χ1v) is 4.71. The quantitative estimate of drug-likeness (QED) is 0.573. The minimum atomic E-state index is -0.411. The van der Waals surface area contributed by atoms with Crippen molar-refractivity contribution in [2.24, 2.45) is 11.8 Å². The van der Waals surface area contributed by atoms with Crippen LogP contribution in [0.4, 0.5) is 4.79 Å². The maximum Gasteiger partial charge on any atom is 0.321 e. The van der Waals surface area contributed by atoms with Gasteiger partial charge in [0.1, 0.15) is 0 Å². The van der Waals surface area contributed by atoms with Gasteiger partial charge in [0.2, 0.25) is 5.91 Å². The summed E-state index contributed by atoms with van der Waals surface area (Å²) >= 11 is 0. The maximum atomic E-state index is 11.4. The minimum absolute atomic E-state index is 0.0444. The van der Waals surface area contributed by atoms with Crippen molar-refractivity contribution in [3.63, 3.8) is 0 Å². The SMILES string of the molecule is N#CC1CCC2NC(=O)NC(=O)C2C1. The summed E-state index contributed by atoms with van der Waals surface area (Å²) in [4.78, 5) is 22.4. The predicted octanol–water partition coefficient (Wildman–Crippen LogP) is 0.134. The monoisotopic (exact) mass is 193 g/mol. The van der Waals surface area contributed by atoms with Gasteiger partial charge >= 0.3 is 6.03 Å². The number of hydrogen-bond acceptors (Lipinski definition) is 3. The summed E-state index contributed by atoms with van der Waals surface area (Å²) < 4.78 is 0. The van der Waals surface area contributed by atoms with Crippen LogP contribution in [0.3, 0.4) is 0 Å². The molecule has 1 heterocycles. The average Bonchev–Trinajstić information content (AvgIpc) is 2.17. The molecule has 0 aromatic heterocycles. The second kappa shape index (κ2) is 3.29. The summed E-state index contributed by atoms with van der Waals surface area (Å²) in [6.45, 7) is 0. The van der Waals surface area contributed by atoms with Crippen LogP contribution < -0.4 is 10.6 Å². The molecule has 3 unspecified atom stereocenters. The zero-order chi connectivity index (χ0) is 10.1. The highest BCUT2D eigenvalue weighted by molar-refractivity contribution is 5.98. The number of nitrogens with zero attached hydrogens (tertiary/aromatic N) is 1. The van der Waals surface area contributed by atoms with Crippen LogP contribution in [0.25, 0.3) is 0 Å². The Morgan fingerprint density at radius 2 is 2.14 bits per heavy atom. The molecule has 0 aromatic rings. The molecular weight excluding hydrogens is 182 g/mol. The number of carbonyl (C=O) groups excluding carboxylic acids is 2. The zero-order valence-electron chi connectivity index (χ0n) is 7.62. The number of urea groups is 1. The van der Waals surface area contributed by atoms with Crippen molar-refractivity contribution in [1.29, 1.82) is 5.26 Å². The number of nitrogens with one attached hydrogen (secondary N) is 2. The topological polar surface area (TPSA) is 82.0 Å². The third-order valence-corrected chi connectivity index (χ3v) is 2.92. The average molecular weight is 193 g/mol. The van der Waals surface area contributed by atoms with Crippen molar-refractivity contribution < 1.29 is 9.59 Å². The molecule has 3 amide bonds. The molecule has 1 saturated heterocycles. The third kappa shape index (κ3) is 1.43. The molecule has 0 bridgehead atoms. The number of hydrogen-bond donors (Lipinski definition) is 2. The molecule has 2 aliphatic rings. The first-order chi connectivity index (χ1) is 6.70. The minimum Gasteiger partial charge on any atom is -0.334 e. The van der Waals surface area contributed by atoms with Gasteiger partial charge in [-0.15, -0.1) is 0 Å². The van der Waals surface area contributed by atoms with Crippen LogP contribution in [0.1, 0.15) is 19.3 Å². The van der Waals surface area contributed by atoms with Crippen LogP contribution >= 0.6 is 0 Å². The lowest BCUT2D eigenvalue weighted by Crippen LogP contribution is -2.59. The number of imide groups is 1. The van der Waals surface area contributed by atoms with E-state index in [2.05, 4.69) is 16.7 Å². The molecule has 3 atom stereocenters. The van der Waals surface area contributed by atoms with Gasteiger partial charge in [-0.3, -0.25) is 10.1 Å². The lowest BCUT2D eigenvalue weighted by molar-refractivity contribution is -0.127. The Hall–Kier alpha value is -1.57. The Balaban J connectivity index is 2.11. The van der Waals surface area contributed by atoms with E-state index in [1.807, 2.05) is 0 Å². The van der Waals surface area contributed by atoms with E-state index < -0.39 is 6.03 Å². The fraction of sp³-hybridized carbons (Fsp3) is 0.667. The molecule has 1 aliphatic heterocycles. The molecule has 14 heavy (non-hydrogen) atoms. The Morgan fingerprint density at radius 1 is 1.36 bits per heavy atom. The van der Waals surface area contributed by atoms with Gasteiger partial charge in [0, 0.05) is 12.0 Å². The first kappa shape index (κ1) is 9.00. The molecule has 5 nitrogen and oxygen atoms in total. The highest BCUT2D eigenvalue weighted by Gasteiger charge is 2.39. The highest BCUT2D eigenvalue weighted by atomic mass is 16.2. The number of rotatable bonds is 0. The van der Waals surface area contributed by atoms with Crippen LogP contribution in [0.2, 0.25) is 0 Å². The van der Waals surface area contributed by atoms with E-state index in [0.29, 0.717) is 6.42 Å². The van der Waals surface area contributed by atoms with E-state index in [1.165, 1.54) is 0 Å². The van der Waals surface area contributed by atoms with Crippen molar-refractivity contribution >= 4 is 11.9 Å². The van der Waals surface area contributed by atoms with E-state index in [-0.39, 0.29) is 23.8 Å². The van der Waals surface area contributed by atoms with Crippen LogP contribution in [0, 0.1) is 23.2 Å². The van der Waals surface area contributed by atoms with Crippen molar-refractivity contribution in [1.82, 2.24) is 10.6 Å². The Bertz CT molecular complexity index is 321. The summed E-state index contributed by atoms with van der Waals surface area (Å²) in [7, 11) is 0. The van der Waals surface area contributed by atoms with Gasteiger partial charge in [-0.25, -0.2) is 4.79 Å². The fourth-order valence-corrected chi connectivity index (χ4v) is 2.16. The summed E-state index contributed by atoms with van der Waals surface area (Å²) in [5.41, 5.74) is 0. The van der Waals surface area contributed by atoms with Crippen LogP contribution in [-0.2, 0) is 4.79 Å². The van der Waals surface area contributed by atoms with E-state index in [9.17, 15) is 9.59 Å². The largest absolute Gasteiger partial charge is 0.334 e.